The molecule has 1 atom stereocenters. The van der Waals surface area contributed by atoms with Crippen molar-refractivity contribution in [3.63, 3.8) is 0 Å². The summed E-state index contributed by atoms with van der Waals surface area (Å²) in [6, 6.07) is 19.4. The van der Waals surface area contributed by atoms with Crippen LogP contribution in [0.25, 0.3) is 10.9 Å². The van der Waals surface area contributed by atoms with Crippen molar-refractivity contribution in [3.05, 3.63) is 107 Å². The van der Waals surface area contributed by atoms with Gasteiger partial charge < -0.3 is 14.4 Å². The van der Waals surface area contributed by atoms with Gasteiger partial charge in [0, 0.05) is 34.8 Å². The molecule has 33 heavy (non-hydrogen) atoms. The first-order valence-corrected chi connectivity index (χ1v) is 10.6. The Labute approximate surface area is 191 Å². The molecule has 168 valence electrons. The Bertz CT molecular complexity index is 1320. The van der Waals surface area contributed by atoms with E-state index in [-0.39, 0.29) is 12.4 Å². The average molecular weight is 445 g/mol. The number of hydrogen-bond acceptors (Lipinski definition) is 3. The molecular weight excluding hydrogens is 421 g/mol. The quantitative estimate of drug-likeness (QED) is 0.371. The van der Waals surface area contributed by atoms with Crippen molar-refractivity contribution in [1.82, 2.24) is 4.57 Å². The number of rotatable bonds is 8. The van der Waals surface area contributed by atoms with Crippen molar-refractivity contribution < 1.29 is 23.8 Å². The number of aryl methyl sites for hydroxylation is 1. The van der Waals surface area contributed by atoms with Gasteiger partial charge in [-0.05, 0) is 43.2 Å². The van der Waals surface area contributed by atoms with Gasteiger partial charge in [-0.3, -0.25) is 4.79 Å². The fourth-order valence-electron chi connectivity index (χ4n) is 3.75. The average Bonchev–Trinajstić information content (AvgIpc) is 3.14. The molecule has 4 rings (SSSR count). The Balaban J connectivity index is 1.65. The summed E-state index contributed by atoms with van der Waals surface area (Å²) in [7, 11) is 0. The van der Waals surface area contributed by atoms with E-state index in [0.717, 1.165) is 22.2 Å². The zero-order valence-electron chi connectivity index (χ0n) is 18.4. The second-order valence-corrected chi connectivity index (χ2v) is 8.14. The van der Waals surface area contributed by atoms with E-state index < -0.39 is 17.9 Å². The normalized spacial score (nSPS) is 12.1. The fourth-order valence-corrected chi connectivity index (χ4v) is 3.75. The molecule has 0 unspecified atom stereocenters. The molecule has 0 amide bonds. The van der Waals surface area contributed by atoms with Crippen LogP contribution >= 0.6 is 0 Å². The minimum absolute atomic E-state index is 0.158. The third-order valence-corrected chi connectivity index (χ3v) is 5.59. The first kappa shape index (κ1) is 22.4. The maximum atomic E-state index is 14.1. The van der Waals surface area contributed by atoms with E-state index in [1.165, 1.54) is 19.1 Å². The van der Waals surface area contributed by atoms with Gasteiger partial charge in [0.1, 0.15) is 5.82 Å². The predicted octanol–water partition coefficient (Wildman–Crippen LogP) is 5.36. The molecule has 0 saturated heterocycles. The Morgan fingerprint density at radius 2 is 1.76 bits per heavy atom. The molecule has 1 heterocycles. The maximum absolute atomic E-state index is 14.1. The van der Waals surface area contributed by atoms with Crippen molar-refractivity contribution in [2.24, 2.45) is 0 Å². The second-order valence-electron chi connectivity index (χ2n) is 8.14. The van der Waals surface area contributed by atoms with Crippen LogP contribution in [0.5, 0.6) is 0 Å². The number of ketones is 1. The van der Waals surface area contributed by atoms with Crippen LogP contribution in [0.1, 0.15) is 39.5 Å². The van der Waals surface area contributed by atoms with Crippen LogP contribution in [0, 0.1) is 12.7 Å². The molecule has 6 heteroatoms. The van der Waals surface area contributed by atoms with Crippen molar-refractivity contribution in [2.45, 2.75) is 33.1 Å². The zero-order chi connectivity index (χ0) is 23.5. The van der Waals surface area contributed by atoms with Crippen molar-refractivity contribution in [1.29, 1.82) is 0 Å². The Morgan fingerprint density at radius 1 is 1.03 bits per heavy atom. The summed E-state index contributed by atoms with van der Waals surface area (Å²) in [4.78, 5) is 24.2. The summed E-state index contributed by atoms with van der Waals surface area (Å²) in [5.74, 6) is -1.57. The molecule has 1 N–H and O–H groups in total. The third-order valence-electron chi connectivity index (χ3n) is 5.59. The van der Waals surface area contributed by atoms with Gasteiger partial charge in [0.15, 0.2) is 11.9 Å². The van der Waals surface area contributed by atoms with E-state index in [4.69, 9.17) is 9.84 Å². The van der Waals surface area contributed by atoms with Crippen molar-refractivity contribution in [3.8, 4) is 0 Å². The van der Waals surface area contributed by atoms with E-state index in [9.17, 15) is 14.0 Å². The van der Waals surface area contributed by atoms with Gasteiger partial charge in [-0.2, -0.15) is 0 Å². The van der Waals surface area contributed by atoms with Gasteiger partial charge in [-0.1, -0.05) is 54.1 Å². The van der Waals surface area contributed by atoms with Crippen LogP contribution in [0.15, 0.2) is 72.9 Å². The first-order valence-electron chi connectivity index (χ1n) is 10.6. The Hall–Kier alpha value is -3.77. The van der Waals surface area contributed by atoms with Gasteiger partial charge in [0.05, 0.1) is 6.61 Å². The summed E-state index contributed by atoms with van der Waals surface area (Å²) in [5, 5.41) is 9.56. The number of carboxylic acids is 1. The lowest BCUT2D eigenvalue weighted by atomic mass is 10.0. The lowest BCUT2D eigenvalue weighted by Crippen LogP contribution is -2.19. The minimum atomic E-state index is -1.01. The van der Waals surface area contributed by atoms with Crippen LogP contribution in [-0.4, -0.2) is 27.5 Å². The van der Waals surface area contributed by atoms with Crippen molar-refractivity contribution >= 4 is 22.7 Å². The van der Waals surface area contributed by atoms with Crippen LogP contribution in [0.2, 0.25) is 0 Å². The SMILES string of the molecule is Cc1ccc(C(=O)c2cn(Cc3cccc(CO[C@H](C)C(=O)O)c3)c3ccc(F)cc23)cc1. The third kappa shape index (κ3) is 5.02. The number of carboxylic acid groups (broad SMARTS) is 1. The monoisotopic (exact) mass is 445 g/mol. The van der Waals surface area contributed by atoms with Crippen LogP contribution in [-0.2, 0) is 22.7 Å². The lowest BCUT2D eigenvalue weighted by molar-refractivity contribution is -0.149. The Kier molecular flexibility index (Phi) is 6.38. The van der Waals surface area contributed by atoms with Gasteiger partial charge in [0.25, 0.3) is 0 Å². The summed E-state index contributed by atoms with van der Waals surface area (Å²) in [6.07, 6.45) is 0.870. The summed E-state index contributed by atoms with van der Waals surface area (Å²) in [5.41, 5.74) is 4.61. The number of benzene rings is 3. The highest BCUT2D eigenvalue weighted by Gasteiger charge is 2.18. The smallest absolute Gasteiger partial charge is 0.332 e. The number of nitrogens with zero attached hydrogens (tertiary/aromatic N) is 1. The molecule has 0 aliphatic carbocycles. The number of carbonyl (C=O) groups is 2. The summed E-state index contributed by atoms with van der Waals surface area (Å²) < 4.78 is 21.4. The topological polar surface area (TPSA) is 68.5 Å². The molecule has 0 aliphatic heterocycles. The molecule has 1 aromatic heterocycles. The molecular formula is C27H24FNO4. The molecule has 0 radical (unpaired) electrons. The summed E-state index contributed by atoms with van der Waals surface area (Å²) in [6.45, 7) is 4.09. The molecule has 0 spiro atoms. The van der Waals surface area contributed by atoms with Crippen LogP contribution in [0.3, 0.4) is 0 Å². The second kappa shape index (κ2) is 9.38. The minimum Gasteiger partial charge on any atom is -0.479 e. The number of halogens is 1. The molecule has 0 bridgehead atoms. The van der Waals surface area contributed by atoms with Gasteiger partial charge >= 0.3 is 5.97 Å². The zero-order valence-corrected chi connectivity index (χ0v) is 18.4. The van der Waals surface area contributed by atoms with E-state index in [1.54, 1.807) is 24.4 Å². The first-order chi connectivity index (χ1) is 15.8. The molecule has 0 saturated carbocycles. The van der Waals surface area contributed by atoms with E-state index in [2.05, 4.69) is 0 Å². The van der Waals surface area contributed by atoms with Crippen LogP contribution in [0.4, 0.5) is 4.39 Å². The lowest BCUT2D eigenvalue weighted by Gasteiger charge is -2.10. The standard InChI is InChI=1S/C27H24FNO4/c1-17-6-8-21(9-7-17)26(30)24-15-29(25-11-10-22(28)13-23(24)25)14-19-4-3-5-20(12-19)16-33-18(2)27(31)32/h3-13,15,18H,14,16H2,1-2H3,(H,31,32)/t18-/m1/s1. The number of aliphatic carboxylic acids is 1. The molecule has 4 aromatic rings. The molecule has 0 fully saturated rings. The number of aromatic nitrogens is 1. The van der Waals surface area contributed by atoms with Gasteiger partial charge in [-0.25, -0.2) is 9.18 Å². The van der Waals surface area contributed by atoms with E-state index in [1.807, 2.05) is 47.9 Å². The summed E-state index contributed by atoms with van der Waals surface area (Å²) >= 11 is 0. The van der Waals surface area contributed by atoms with E-state index in [0.29, 0.717) is 23.1 Å². The van der Waals surface area contributed by atoms with Crippen LogP contribution < -0.4 is 0 Å². The van der Waals surface area contributed by atoms with Gasteiger partial charge in [0.2, 0.25) is 0 Å². The largest absolute Gasteiger partial charge is 0.479 e. The number of carbonyl (C=O) groups excluding carboxylic acids is 1. The van der Waals surface area contributed by atoms with Gasteiger partial charge in [-0.15, -0.1) is 0 Å². The van der Waals surface area contributed by atoms with Crippen molar-refractivity contribution in [2.75, 3.05) is 0 Å². The van der Waals surface area contributed by atoms with E-state index >= 15 is 0 Å². The maximum Gasteiger partial charge on any atom is 0.332 e. The number of ether oxygens (including phenoxy) is 1. The highest BCUT2D eigenvalue weighted by Crippen LogP contribution is 2.26. The molecule has 3 aromatic carbocycles. The predicted molar refractivity (Wildman–Crippen MR) is 124 cm³/mol. The Morgan fingerprint density at radius 3 is 2.48 bits per heavy atom. The highest BCUT2D eigenvalue weighted by molar-refractivity contribution is 6.16. The number of fused-ring (bicyclic) bond motifs is 1. The highest BCUT2D eigenvalue weighted by atomic mass is 19.1. The molecule has 5 nitrogen and oxygen atoms in total. The molecule has 0 aliphatic rings. The number of hydrogen-bond donors (Lipinski definition) is 1. The fraction of sp³-hybridized carbons (Fsp3) is 0.185.